The number of benzene rings is 3. The Labute approximate surface area is 204 Å². The van der Waals surface area contributed by atoms with E-state index in [4.69, 9.17) is 4.74 Å². The molecule has 0 aliphatic heterocycles. The second kappa shape index (κ2) is 10.5. The normalized spacial score (nSPS) is 12.2. The lowest BCUT2D eigenvalue weighted by Gasteiger charge is -2.18. The Bertz CT molecular complexity index is 1370. The highest BCUT2D eigenvalue weighted by molar-refractivity contribution is 6.04. The predicted molar refractivity (Wildman–Crippen MR) is 127 cm³/mol. The van der Waals surface area contributed by atoms with Gasteiger partial charge in [-0.25, -0.2) is 4.79 Å². The molecule has 0 fully saturated rings. The molecule has 1 unspecified atom stereocenters. The molecule has 9 heteroatoms. The summed E-state index contributed by atoms with van der Waals surface area (Å²) in [5, 5.41) is 13.6. The van der Waals surface area contributed by atoms with Gasteiger partial charge >= 0.3 is 12.1 Å². The summed E-state index contributed by atoms with van der Waals surface area (Å²) in [7, 11) is 0. The first-order valence-electron chi connectivity index (χ1n) is 11.0. The SMILES string of the molecule is O=C(NC(Cc1ccncc1)C(=O)O)c1ccc2ccccc2c1OCc1ccc(C(F)(F)F)cc1. The van der Waals surface area contributed by atoms with Crippen LogP contribution in [0.25, 0.3) is 10.8 Å². The van der Waals surface area contributed by atoms with Crippen LogP contribution in [0, 0.1) is 0 Å². The number of fused-ring (bicyclic) bond motifs is 1. The molecule has 0 aliphatic carbocycles. The first kappa shape index (κ1) is 24.7. The number of alkyl halides is 3. The van der Waals surface area contributed by atoms with Crippen LogP contribution < -0.4 is 10.1 Å². The lowest BCUT2D eigenvalue weighted by molar-refractivity contribution is -0.139. The van der Waals surface area contributed by atoms with E-state index in [1.807, 2.05) is 12.1 Å². The highest BCUT2D eigenvalue weighted by atomic mass is 19.4. The van der Waals surface area contributed by atoms with Gasteiger partial charge in [-0.05, 0) is 46.8 Å². The summed E-state index contributed by atoms with van der Waals surface area (Å²) >= 11 is 0. The van der Waals surface area contributed by atoms with E-state index < -0.39 is 29.7 Å². The number of carbonyl (C=O) groups excluding carboxylic acids is 1. The standard InChI is InChI=1S/C27H21F3N2O4/c28-27(29,30)20-8-5-18(6-9-20)16-36-24-21-4-2-1-3-19(21)7-10-22(24)25(33)32-23(26(34)35)15-17-11-13-31-14-12-17/h1-14,23H,15-16H2,(H,32,33)(H,34,35). The second-order valence-corrected chi connectivity index (χ2v) is 8.07. The van der Waals surface area contributed by atoms with Crippen LogP contribution in [0.5, 0.6) is 5.75 Å². The Kier molecular flexibility index (Phi) is 7.19. The maximum Gasteiger partial charge on any atom is 0.416 e. The molecule has 3 aromatic carbocycles. The van der Waals surface area contributed by atoms with Crippen molar-refractivity contribution < 1.29 is 32.6 Å². The molecule has 1 aromatic heterocycles. The van der Waals surface area contributed by atoms with Gasteiger partial charge < -0.3 is 15.2 Å². The van der Waals surface area contributed by atoms with E-state index in [1.165, 1.54) is 30.6 Å². The molecule has 1 atom stereocenters. The number of carbonyl (C=O) groups is 2. The van der Waals surface area contributed by atoms with E-state index in [0.717, 1.165) is 17.5 Å². The molecular formula is C27H21F3N2O4. The van der Waals surface area contributed by atoms with Crippen molar-refractivity contribution in [3.63, 3.8) is 0 Å². The fraction of sp³-hybridized carbons (Fsp3) is 0.148. The average Bonchev–Trinajstić information content (AvgIpc) is 2.87. The summed E-state index contributed by atoms with van der Waals surface area (Å²) in [5.74, 6) is -1.64. The smallest absolute Gasteiger partial charge is 0.416 e. The molecule has 36 heavy (non-hydrogen) atoms. The Morgan fingerprint density at radius 2 is 1.61 bits per heavy atom. The summed E-state index contributed by atoms with van der Waals surface area (Å²) in [6, 6.07) is 17.1. The number of ether oxygens (including phenoxy) is 1. The lowest BCUT2D eigenvalue weighted by atomic mass is 10.0. The van der Waals surface area contributed by atoms with Crippen LogP contribution in [0.1, 0.15) is 27.0 Å². The van der Waals surface area contributed by atoms with E-state index in [9.17, 15) is 27.9 Å². The molecule has 1 heterocycles. The number of hydrogen-bond acceptors (Lipinski definition) is 4. The molecule has 0 bridgehead atoms. The number of carboxylic acid groups (broad SMARTS) is 1. The minimum atomic E-state index is -4.45. The van der Waals surface area contributed by atoms with E-state index in [1.54, 1.807) is 30.3 Å². The number of hydrogen-bond donors (Lipinski definition) is 2. The quantitative estimate of drug-likeness (QED) is 0.349. The van der Waals surface area contributed by atoms with E-state index in [-0.39, 0.29) is 24.3 Å². The van der Waals surface area contributed by atoms with Crippen LogP contribution in [0.2, 0.25) is 0 Å². The molecule has 4 rings (SSSR count). The van der Waals surface area contributed by atoms with Gasteiger partial charge in [-0.1, -0.05) is 42.5 Å². The van der Waals surface area contributed by atoms with E-state index in [2.05, 4.69) is 10.3 Å². The van der Waals surface area contributed by atoms with Crippen molar-refractivity contribution in [2.24, 2.45) is 0 Å². The Morgan fingerprint density at radius 1 is 0.917 bits per heavy atom. The van der Waals surface area contributed by atoms with Crippen LogP contribution in [-0.4, -0.2) is 28.0 Å². The molecule has 4 aromatic rings. The zero-order chi connectivity index (χ0) is 25.7. The van der Waals surface area contributed by atoms with Crippen molar-refractivity contribution >= 4 is 22.6 Å². The molecule has 0 spiro atoms. The molecule has 184 valence electrons. The minimum absolute atomic E-state index is 0.0545. The van der Waals surface area contributed by atoms with Crippen molar-refractivity contribution in [2.45, 2.75) is 25.2 Å². The zero-order valence-electron chi connectivity index (χ0n) is 18.8. The summed E-state index contributed by atoms with van der Waals surface area (Å²) in [4.78, 5) is 28.9. The minimum Gasteiger partial charge on any atom is -0.487 e. The van der Waals surface area contributed by atoms with Gasteiger partial charge in [-0.15, -0.1) is 0 Å². The van der Waals surface area contributed by atoms with E-state index >= 15 is 0 Å². The van der Waals surface area contributed by atoms with Gasteiger partial charge in [0.1, 0.15) is 18.4 Å². The van der Waals surface area contributed by atoms with Crippen molar-refractivity contribution in [1.82, 2.24) is 10.3 Å². The van der Waals surface area contributed by atoms with Crippen molar-refractivity contribution in [3.8, 4) is 5.75 Å². The number of aromatic nitrogens is 1. The third-order valence-corrected chi connectivity index (χ3v) is 5.58. The number of carboxylic acids is 1. The number of rotatable bonds is 8. The van der Waals surface area contributed by atoms with Crippen molar-refractivity contribution in [3.05, 3.63) is 107 Å². The van der Waals surface area contributed by atoms with Gasteiger partial charge in [0.15, 0.2) is 0 Å². The Hall–Kier alpha value is -4.40. The first-order chi connectivity index (χ1) is 17.2. The fourth-order valence-corrected chi connectivity index (χ4v) is 3.71. The number of nitrogens with zero attached hydrogens (tertiary/aromatic N) is 1. The number of aliphatic carboxylic acids is 1. The molecular weight excluding hydrogens is 473 g/mol. The van der Waals surface area contributed by atoms with Crippen LogP contribution >= 0.6 is 0 Å². The van der Waals surface area contributed by atoms with Crippen LogP contribution in [0.4, 0.5) is 13.2 Å². The number of amides is 1. The third-order valence-electron chi connectivity index (χ3n) is 5.58. The fourth-order valence-electron chi connectivity index (χ4n) is 3.71. The Morgan fingerprint density at radius 3 is 2.28 bits per heavy atom. The predicted octanol–water partition coefficient (Wildman–Crippen LogP) is 5.26. The van der Waals surface area contributed by atoms with Crippen molar-refractivity contribution in [2.75, 3.05) is 0 Å². The topological polar surface area (TPSA) is 88.5 Å². The first-order valence-corrected chi connectivity index (χ1v) is 11.0. The van der Waals surface area contributed by atoms with Crippen LogP contribution in [0.3, 0.4) is 0 Å². The summed E-state index contributed by atoms with van der Waals surface area (Å²) < 4.78 is 44.5. The van der Waals surface area contributed by atoms with Gasteiger partial charge in [-0.3, -0.25) is 9.78 Å². The molecule has 0 saturated heterocycles. The van der Waals surface area contributed by atoms with Crippen LogP contribution in [0.15, 0.2) is 85.2 Å². The largest absolute Gasteiger partial charge is 0.487 e. The highest BCUT2D eigenvalue weighted by Crippen LogP contribution is 2.32. The summed E-state index contributed by atoms with van der Waals surface area (Å²) in [6.07, 6.45) is -1.32. The van der Waals surface area contributed by atoms with Crippen molar-refractivity contribution in [1.29, 1.82) is 0 Å². The molecule has 0 radical (unpaired) electrons. The number of halogens is 3. The summed E-state index contributed by atoms with van der Waals surface area (Å²) in [5.41, 5.74) is 0.505. The number of nitrogens with one attached hydrogen (secondary N) is 1. The van der Waals surface area contributed by atoms with Crippen LogP contribution in [-0.2, 0) is 24.0 Å². The number of pyridine rings is 1. The average molecular weight is 494 g/mol. The Balaban J connectivity index is 1.60. The highest BCUT2D eigenvalue weighted by Gasteiger charge is 2.30. The summed E-state index contributed by atoms with van der Waals surface area (Å²) in [6.45, 7) is -0.0915. The molecule has 1 amide bonds. The molecule has 0 aliphatic rings. The lowest BCUT2D eigenvalue weighted by Crippen LogP contribution is -2.42. The third kappa shape index (κ3) is 5.80. The second-order valence-electron chi connectivity index (χ2n) is 8.07. The maximum absolute atomic E-state index is 13.2. The van der Waals surface area contributed by atoms with Gasteiger partial charge in [-0.2, -0.15) is 13.2 Å². The van der Waals surface area contributed by atoms with Gasteiger partial charge in [0.2, 0.25) is 0 Å². The molecule has 2 N–H and O–H groups in total. The van der Waals surface area contributed by atoms with E-state index in [0.29, 0.717) is 16.5 Å². The monoisotopic (exact) mass is 494 g/mol. The molecule has 6 nitrogen and oxygen atoms in total. The van der Waals surface area contributed by atoms with Gasteiger partial charge in [0.25, 0.3) is 5.91 Å². The van der Waals surface area contributed by atoms with Gasteiger partial charge in [0, 0.05) is 24.2 Å². The zero-order valence-corrected chi connectivity index (χ0v) is 18.8. The maximum atomic E-state index is 13.2. The van der Waals surface area contributed by atoms with Gasteiger partial charge in [0.05, 0.1) is 11.1 Å². The molecule has 0 saturated carbocycles.